The molecule has 0 saturated heterocycles. The van der Waals surface area contributed by atoms with E-state index < -0.39 is 0 Å². The van der Waals surface area contributed by atoms with Gasteiger partial charge in [0, 0.05) is 4.47 Å². The lowest BCUT2D eigenvalue weighted by atomic mass is 10.1. The number of hydrogen-bond acceptors (Lipinski definition) is 3. The molecule has 0 fully saturated rings. The fourth-order valence-corrected chi connectivity index (χ4v) is 1.40. The molecule has 1 rings (SSSR count). The van der Waals surface area contributed by atoms with E-state index in [1.165, 1.54) is 0 Å². The van der Waals surface area contributed by atoms with Crippen LogP contribution < -0.4 is 11.1 Å². The summed E-state index contributed by atoms with van der Waals surface area (Å²) in [6, 6.07) is 5.60. The van der Waals surface area contributed by atoms with E-state index in [0.717, 1.165) is 10.2 Å². The van der Waals surface area contributed by atoms with Crippen LogP contribution >= 0.6 is 15.9 Å². The minimum atomic E-state index is -0.366. The Morgan fingerprint density at radius 3 is 2.71 bits per heavy atom. The van der Waals surface area contributed by atoms with E-state index in [2.05, 4.69) is 21.2 Å². The molecule has 4 N–H and O–H groups in total. The Morgan fingerprint density at radius 2 is 2.14 bits per heavy atom. The van der Waals surface area contributed by atoms with Gasteiger partial charge in [0.25, 0.3) is 0 Å². The maximum atomic E-state index is 9.10. The van der Waals surface area contributed by atoms with E-state index in [1.807, 2.05) is 32.0 Å². The highest BCUT2D eigenvalue weighted by Gasteiger charge is 2.16. The highest BCUT2D eigenvalue weighted by Crippen LogP contribution is 2.25. The molecule has 3 nitrogen and oxygen atoms in total. The van der Waals surface area contributed by atoms with Gasteiger partial charge in [-0.1, -0.05) is 15.9 Å². The van der Waals surface area contributed by atoms with Gasteiger partial charge in [0.15, 0.2) is 0 Å². The molecule has 0 unspecified atom stereocenters. The monoisotopic (exact) mass is 258 g/mol. The molecule has 0 aliphatic rings. The van der Waals surface area contributed by atoms with E-state index in [9.17, 15) is 0 Å². The molecule has 0 aliphatic carbocycles. The molecule has 0 heterocycles. The number of rotatable bonds is 3. The van der Waals surface area contributed by atoms with E-state index in [0.29, 0.717) is 5.69 Å². The normalized spacial score (nSPS) is 11.4. The first kappa shape index (κ1) is 11.3. The summed E-state index contributed by atoms with van der Waals surface area (Å²) in [5, 5.41) is 12.3. The van der Waals surface area contributed by atoms with Crippen LogP contribution in [0.25, 0.3) is 0 Å². The summed E-state index contributed by atoms with van der Waals surface area (Å²) in [6.07, 6.45) is 0. The summed E-state index contributed by atoms with van der Waals surface area (Å²) in [4.78, 5) is 0. The van der Waals surface area contributed by atoms with Crippen LogP contribution in [-0.4, -0.2) is 17.3 Å². The lowest BCUT2D eigenvalue weighted by Gasteiger charge is -2.25. The van der Waals surface area contributed by atoms with E-state index in [4.69, 9.17) is 10.8 Å². The number of nitrogen functional groups attached to an aromatic ring is 1. The topological polar surface area (TPSA) is 58.3 Å². The maximum absolute atomic E-state index is 9.10. The van der Waals surface area contributed by atoms with Crippen LogP contribution in [0.1, 0.15) is 13.8 Å². The second kappa shape index (κ2) is 4.19. The Bertz CT molecular complexity index is 326. The van der Waals surface area contributed by atoms with Crippen molar-refractivity contribution in [2.75, 3.05) is 17.7 Å². The van der Waals surface area contributed by atoms with Gasteiger partial charge >= 0.3 is 0 Å². The average molecular weight is 259 g/mol. The molecule has 4 heteroatoms. The molecule has 0 atom stereocenters. The standard InChI is InChI=1S/C10H15BrN2O/c1-10(2,6-14)13-9-5-7(11)3-4-8(9)12/h3-5,13-14H,6,12H2,1-2H3. The zero-order chi connectivity index (χ0) is 10.8. The first-order chi connectivity index (χ1) is 6.44. The Kier molecular flexibility index (Phi) is 3.39. The van der Waals surface area contributed by atoms with Crippen LogP contribution in [0.5, 0.6) is 0 Å². The first-order valence-corrected chi connectivity index (χ1v) is 5.18. The summed E-state index contributed by atoms with van der Waals surface area (Å²) < 4.78 is 0.961. The van der Waals surface area contributed by atoms with Crippen LogP contribution in [0.2, 0.25) is 0 Å². The zero-order valence-corrected chi connectivity index (χ0v) is 9.93. The van der Waals surface area contributed by atoms with Gasteiger partial charge < -0.3 is 16.2 Å². The number of hydrogen-bond donors (Lipinski definition) is 3. The Morgan fingerprint density at radius 1 is 1.50 bits per heavy atom. The van der Waals surface area contributed by atoms with Crippen molar-refractivity contribution in [3.63, 3.8) is 0 Å². The summed E-state index contributed by atoms with van der Waals surface area (Å²) in [5.41, 5.74) is 6.93. The molecular formula is C10H15BrN2O. The highest BCUT2D eigenvalue weighted by atomic mass is 79.9. The van der Waals surface area contributed by atoms with Crippen molar-refractivity contribution in [3.8, 4) is 0 Å². The van der Waals surface area contributed by atoms with Crippen molar-refractivity contribution in [2.45, 2.75) is 19.4 Å². The number of aliphatic hydroxyl groups is 1. The number of anilines is 2. The fraction of sp³-hybridized carbons (Fsp3) is 0.400. The third-order valence-corrected chi connectivity index (χ3v) is 2.38. The summed E-state index contributed by atoms with van der Waals surface area (Å²) in [7, 11) is 0. The van der Waals surface area contributed by atoms with Gasteiger partial charge in [0.1, 0.15) is 0 Å². The zero-order valence-electron chi connectivity index (χ0n) is 8.34. The molecule has 0 aliphatic heterocycles. The molecule has 78 valence electrons. The molecule has 1 aromatic carbocycles. The van der Waals surface area contributed by atoms with Gasteiger partial charge in [0.2, 0.25) is 0 Å². The van der Waals surface area contributed by atoms with Gasteiger partial charge in [-0.15, -0.1) is 0 Å². The second-order valence-corrected chi connectivity index (χ2v) is 4.81. The molecule has 0 bridgehead atoms. The van der Waals surface area contributed by atoms with E-state index >= 15 is 0 Å². The van der Waals surface area contributed by atoms with Crippen molar-refractivity contribution in [1.29, 1.82) is 0 Å². The second-order valence-electron chi connectivity index (χ2n) is 3.90. The van der Waals surface area contributed by atoms with Crippen LogP contribution in [-0.2, 0) is 0 Å². The van der Waals surface area contributed by atoms with Crippen molar-refractivity contribution in [2.24, 2.45) is 0 Å². The van der Waals surface area contributed by atoms with E-state index in [-0.39, 0.29) is 12.1 Å². The number of nitrogens with one attached hydrogen (secondary N) is 1. The lowest BCUT2D eigenvalue weighted by Crippen LogP contribution is -2.35. The van der Waals surface area contributed by atoms with Crippen LogP contribution in [0.15, 0.2) is 22.7 Å². The third kappa shape index (κ3) is 2.89. The minimum Gasteiger partial charge on any atom is -0.397 e. The molecular weight excluding hydrogens is 244 g/mol. The lowest BCUT2D eigenvalue weighted by molar-refractivity contribution is 0.234. The number of aliphatic hydroxyl groups excluding tert-OH is 1. The van der Waals surface area contributed by atoms with Crippen molar-refractivity contribution >= 4 is 27.3 Å². The fourth-order valence-electron chi connectivity index (χ4n) is 1.04. The van der Waals surface area contributed by atoms with Gasteiger partial charge in [-0.2, -0.15) is 0 Å². The van der Waals surface area contributed by atoms with Gasteiger partial charge in [0.05, 0.1) is 23.5 Å². The Balaban J connectivity index is 2.91. The van der Waals surface area contributed by atoms with Crippen LogP contribution in [0.3, 0.4) is 0 Å². The molecule has 0 spiro atoms. The number of halogens is 1. The van der Waals surface area contributed by atoms with E-state index in [1.54, 1.807) is 0 Å². The maximum Gasteiger partial charge on any atom is 0.0656 e. The van der Waals surface area contributed by atoms with Crippen molar-refractivity contribution in [1.82, 2.24) is 0 Å². The molecule has 0 aromatic heterocycles. The predicted octanol–water partition coefficient (Wildman–Crippen LogP) is 2.21. The predicted molar refractivity (Wildman–Crippen MR) is 63.3 cm³/mol. The molecule has 14 heavy (non-hydrogen) atoms. The number of nitrogens with two attached hydrogens (primary N) is 1. The molecule has 0 radical (unpaired) electrons. The van der Waals surface area contributed by atoms with Crippen molar-refractivity contribution < 1.29 is 5.11 Å². The summed E-state index contributed by atoms with van der Waals surface area (Å²) in [6.45, 7) is 3.87. The molecule has 1 aromatic rings. The average Bonchev–Trinajstić information content (AvgIpc) is 2.11. The molecule has 0 saturated carbocycles. The van der Waals surface area contributed by atoms with Crippen molar-refractivity contribution in [3.05, 3.63) is 22.7 Å². The summed E-state index contributed by atoms with van der Waals surface area (Å²) in [5.74, 6) is 0. The summed E-state index contributed by atoms with van der Waals surface area (Å²) >= 11 is 3.37. The highest BCUT2D eigenvalue weighted by molar-refractivity contribution is 9.10. The molecule has 0 amide bonds. The Hall–Kier alpha value is -0.740. The largest absolute Gasteiger partial charge is 0.397 e. The van der Waals surface area contributed by atoms with Crippen LogP contribution in [0, 0.1) is 0 Å². The first-order valence-electron chi connectivity index (χ1n) is 4.39. The van der Waals surface area contributed by atoms with Gasteiger partial charge in [-0.25, -0.2) is 0 Å². The SMILES string of the molecule is CC(C)(CO)Nc1cc(Br)ccc1N. The Labute approximate surface area is 92.4 Å². The van der Waals surface area contributed by atoms with Gasteiger partial charge in [-0.05, 0) is 32.0 Å². The smallest absolute Gasteiger partial charge is 0.0656 e. The quantitative estimate of drug-likeness (QED) is 0.729. The number of benzene rings is 1. The van der Waals surface area contributed by atoms with Gasteiger partial charge in [-0.3, -0.25) is 0 Å². The third-order valence-electron chi connectivity index (χ3n) is 1.88. The minimum absolute atomic E-state index is 0.0545. The van der Waals surface area contributed by atoms with Crippen LogP contribution in [0.4, 0.5) is 11.4 Å².